The first kappa shape index (κ1) is 18.9. The van der Waals surface area contributed by atoms with Crippen LogP contribution in [0.5, 0.6) is 0 Å². The van der Waals surface area contributed by atoms with Gasteiger partial charge >= 0.3 is 0 Å². The Labute approximate surface area is 152 Å². The Balaban J connectivity index is 1.90. The third-order valence-corrected chi connectivity index (χ3v) is 3.40. The molecule has 0 saturated heterocycles. The van der Waals surface area contributed by atoms with E-state index in [2.05, 4.69) is 20.3 Å². The van der Waals surface area contributed by atoms with Crippen molar-refractivity contribution in [2.24, 2.45) is 4.99 Å². The zero-order valence-corrected chi connectivity index (χ0v) is 14.8. The van der Waals surface area contributed by atoms with E-state index in [4.69, 9.17) is 16.2 Å². The number of ether oxygens (including phenoxy) is 1. The number of aliphatic imine (C=N–C) groups is 1. The minimum atomic E-state index is -0.405. The number of carbonyl (C=O) groups excluding carboxylic acids is 1. The molecule has 0 bridgehead atoms. The molecular formula is C18H22N6O2. The minimum Gasteiger partial charge on any atom is -0.473 e. The molecule has 8 nitrogen and oxygen atoms in total. The lowest BCUT2D eigenvalue weighted by molar-refractivity contribution is 0.0946. The first-order valence-corrected chi connectivity index (χ1v) is 8.05. The molecule has 5 N–H and O–H groups in total. The van der Waals surface area contributed by atoms with Crippen LogP contribution in [-0.4, -0.2) is 22.1 Å². The number of amides is 1. The molecule has 0 aliphatic carbocycles. The number of benzene rings is 1. The fraction of sp³-hybridized carbons (Fsp3) is 0.222. The van der Waals surface area contributed by atoms with E-state index in [-0.39, 0.29) is 17.3 Å². The summed E-state index contributed by atoms with van der Waals surface area (Å²) in [6.45, 7) is 4.46. The van der Waals surface area contributed by atoms with Crippen molar-refractivity contribution in [1.82, 2.24) is 15.3 Å². The van der Waals surface area contributed by atoms with Crippen LogP contribution in [0, 0.1) is 0 Å². The van der Waals surface area contributed by atoms with Crippen LogP contribution in [0.3, 0.4) is 0 Å². The fourth-order valence-electron chi connectivity index (χ4n) is 2.09. The van der Waals surface area contributed by atoms with Crippen molar-refractivity contribution in [3.8, 4) is 0 Å². The zero-order valence-electron chi connectivity index (χ0n) is 14.8. The Bertz CT molecular complexity index is 815. The van der Waals surface area contributed by atoms with E-state index in [1.807, 2.05) is 38.1 Å². The van der Waals surface area contributed by atoms with Crippen LogP contribution < -0.4 is 16.8 Å². The number of nitrogens with two attached hydrogens (primary N) is 2. The highest BCUT2D eigenvalue weighted by Crippen LogP contribution is 2.10. The Kier molecular flexibility index (Phi) is 6.67. The Morgan fingerprint density at radius 1 is 1.23 bits per heavy atom. The average molecular weight is 354 g/mol. The van der Waals surface area contributed by atoms with Gasteiger partial charge in [0.1, 0.15) is 12.4 Å². The Morgan fingerprint density at radius 2 is 1.92 bits per heavy atom. The van der Waals surface area contributed by atoms with E-state index < -0.39 is 5.91 Å². The van der Waals surface area contributed by atoms with Gasteiger partial charge in [0.05, 0.1) is 6.20 Å². The summed E-state index contributed by atoms with van der Waals surface area (Å²) < 4.78 is 5.59. The molecule has 0 fully saturated rings. The van der Waals surface area contributed by atoms with E-state index in [9.17, 15) is 4.79 Å². The van der Waals surface area contributed by atoms with Gasteiger partial charge in [-0.05, 0) is 31.1 Å². The van der Waals surface area contributed by atoms with Gasteiger partial charge in [0, 0.05) is 12.8 Å². The molecule has 136 valence electrons. The lowest BCUT2D eigenvalue weighted by Crippen LogP contribution is -2.25. The van der Waals surface area contributed by atoms with E-state index in [1.54, 1.807) is 12.3 Å². The summed E-state index contributed by atoms with van der Waals surface area (Å²) in [6.07, 6.45) is 4.77. The molecule has 0 atom stereocenters. The lowest BCUT2D eigenvalue weighted by atomic mass is 10.1. The number of hydrogen-bond donors (Lipinski definition) is 3. The first-order valence-electron chi connectivity index (χ1n) is 8.05. The van der Waals surface area contributed by atoms with Crippen molar-refractivity contribution in [2.45, 2.75) is 27.0 Å². The number of carbonyl (C=O) groups is 1. The van der Waals surface area contributed by atoms with Gasteiger partial charge in [-0.2, -0.15) is 0 Å². The van der Waals surface area contributed by atoms with Crippen LogP contribution in [0.1, 0.15) is 35.5 Å². The summed E-state index contributed by atoms with van der Waals surface area (Å²) in [4.78, 5) is 23.9. The summed E-state index contributed by atoms with van der Waals surface area (Å²) in [5.74, 6) is 0.343. The van der Waals surface area contributed by atoms with Crippen LogP contribution in [0.2, 0.25) is 0 Å². The molecule has 1 aromatic heterocycles. The number of nitrogen functional groups attached to an aromatic ring is 2. The molecule has 1 heterocycles. The lowest BCUT2D eigenvalue weighted by Gasteiger charge is -2.09. The molecule has 26 heavy (non-hydrogen) atoms. The molecule has 0 aliphatic rings. The number of rotatable bonds is 7. The van der Waals surface area contributed by atoms with E-state index >= 15 is 0 Å². The predicted molar refractivity (Wildman–Crippen MR) is 101 cm³/mol. The van der Waals surface area contributed by atoms with Crippen molar-refractivity contribution < 1.29 is 9.53 Å². The average Bonchev–Trinajstić information content (AvgIpc) is 2.64. The molecule has 0 saturated carbocycles. The molecule has 0 unspecified atom stereocenters. The maximum absolute atomic E-state index is 12.1. The second-order valence-electron chi connectivity index (χ2n) is 5.33. The summed E-state index contributed by atoms with van der Waals surface area (Å²) in [5, 5.41) is 2.75. The number of nitrogens with zero attached hydrogens (tertiary/aromatic N) is 3. The van der Waals surface area contributed by atoms with Crippen molar-refractivity contribution in [2.75, 3.05) is 11.5 Å². The van der Waals surface area contributed by atoms with Crippen LogP contribution in [-0.2, 0) is 17.9 Å². The van der Waals surface area contributed by atoms with Gasteiger partial charge < -0.3 is 21.5 Å². The second kappa shape index (κ2) is 9.16. The third-order valence-electron chi connectivity index (χ3n) is 3.40. The molecule has 1 amide bonds. The zero-order chi connectivity index (χ0) is 18.9. The summed E-state index contributed by atoms with van der Waals surface area (Å²) in [5.41, 5.74) is 13.1. The van der Waals surface area contributed by atoms with Crippen LogP contribution in [0.25, 0.3) is 0 Å². The number of allylic oxidation sites excluding steroid dienone is 1. The molecule has 0 radical (unpaired) electrons. The van der Waals surface area contributed by atoms with Gasteiger partial charge in [0.25, 0.3) is 5.91 Å². The van der Waals surface area contributed by atoms with Crippen LogP contribution in [0.15, 0.2) is 47.4 Å². The van der Waals surface area contributed by atoms with Gasteiger partial charge in [0.2, 0.25) is 5.88 Å². The highest BCUT2D eigenvalue weighted by molar-refractivity contribution is 5.96. The van der Waals surface area contributed by atoms with E-state index in [0.717, 1.165) is 11.1 Å². The summed E-state index contributed by atoms with van der Waals surface area (Å²) in [6, 6.07) is 7.69. The number of anilines is 2. The van der Waals surface area contributed by atoms with Gasteiger partial charge in [0.15, 0.2) is 11.5 Å². The quantitative estimate of drug-likeness (QED) is 0.515. The summed E-state index contributed by atoms with van der Waals surface area (Å²) in [7, 11) is 0. The molecule has 2 rings (SSSR count). The summed E-state index contributed by atoms with van der Waals surface area (Å²) >= 11 is 0. The minimum absolute atomic E-state index is 0.00418. The second-order valence-corrected chi connectivity index (χ2v) is 5.33. The largest absolute Gasteiger partial charge is 0.473 e. The van der Waals surface area contributed by atoms with Crippen molar-refractivity contribution in [3.05, 3.63) is 59.2 Å². The smallest absolute Gasteiger partial charge is 0.273 e. The van der Waals surface area contributed by atoms with E-state index in [1.165, 1.54) is 6.20 Å². The van der Waals surface area contributed by atoms with Gasteiger partial charge in [-0.15, -0.1) is 0 Å². The molecule has 2 aromatic rings. The van der Waals surface area contributed by atoms with Crippen LogP contribution in [0.4, 0.5) is 11.6 Å². The van der Waals surface area contributed by atoms with Crippen molar-refractivity contribution in [3.63, 3.8) is 0 Å². The standard InChI is InChI=1S/C18H22N6O2/c1-3-15(21-4-2)26-11-13-7-5-12(6-8-13)9-23-18(25)16-17(20)24-14(19)10-22-16/h3-8,10H,9,11H2,1-2H3,(H,23,25)(H4,19,20,24)/b15-3+,21-4-. The monoisotopic (exact) mass is 354 g/mol. The normalized spacial score (nSPS) is 11.5. The van der Waals surface area contributed by atoms with Gasteiger partial charge in [-0.1, -0.05) is 24.3 Å². The molecule has 0 spiro atoms. The first-order chi connectivity index (χ1) is 12.5. The number of hydrogen-bond acceptors (Lipinski definition) is 7. The Hall–Kier alpha value is -3.42. The highest BCUT2D eigenvalue weighted by atomic mass is 16.5. The highest BCUT2D eigenvalue weighted by Gasteiger charge is 2.12. The third kappa shape index (κ3) is 5.30. The van der Waals surface area contributed by atoms with Gasteiger partial charge in [-0.3, -0.25) is 4.79 Å². The predicted octanol–water partition coefficient (Wildman–Crippen LogP) is 2.04. The number of aromatic nitrogens is 2. The van der Waals surface area contributed by atoms with E-state index in [0.29, 0.717) is 19.0 Å². The Morgan fingerprint density at radius 3 is 2.54 bits per heavy atom. The molecule has 8 heteroatoms. The SMILES string of the molecule is C/C=N\C(=C/C)OCc1ccc(CNC(=O)c2ncc(N)nc2N)cc1. The maximum atomic E-state index is 12.1. The van der Waals surface area contributed by atoms with Gasteiger partial charge in [-0.25, -0.2) is 15.0 Å². The molecule has 0 aliphatic heterocycles. The fourth-order valence-corrected chi connectivity index (χ4v) is 2.09. The molecule has 1 aromatic carbocycles. The van der Waals surface area contributed by atoms with Crippen LogP contribution >= 0.6 is 0 Å². The van der Waals surface area contributed by atoms with Crippen molar-refractivity contribution >= 4 is 23.8 Å². The van der Waals surface area contributed by atoms with Crippen molar-refractivity contribution in [1.29, 1.82) is 0 Å². The maximum Gasteiger partial charge on any atom is 0.273 e. The topological polar surface area (TPSA) is 129 Å². The molecular weight excluding hydrogens is 332 g/mol. The number of nitrogens with one attached hydrogen (secondary N) is 1.